The monoisotopic (exact) mass is 445 g/mol. The Labute approximate surface area is 193 Å². The van der Waals surface area contributed by atoms with E-state index in [-0.39, 0.29) is 17.9 Å². The molecular formula is C27H27NO5. The lowest BCUT2D eigenvalue weighted by atomic mass is 9.93. The summed E-state index contributed by atoms with van der Waals surface area (Å²) < 4.78 is 11.0. The first-order valence-electron chi connectivity index (χ1n) is 11.0. The molecule has 1 N–H and O–H groups in total. The number of likely N-dealkylation sites (tertiary alicyclic amines) is 1. The Kier molecular flexibility index (Phi) is 6.36. The van der Waals surface area contributed by atoms with Crippen molar-refractivity contribution in [1.29, 1.82) is 0 Å². The van der Waals surface area contributed by atoms with Crippen molar-refractivity contribution in [3.63, 3.8) is 0 Å². The Morgan fingerprint density at radius 1 is 1.09 bits per heavy atom. The van der Waals surface area contributed by atoms with Gasteiger partial charge in [0.15, 0.2) is 0 Å². The number of benzene rings is 2. The van der Waals surface area contributed by atoms with Crippen LogP contribution < -0.4 is 4.74 Å². The Morgan fingerprint density at radius 3 is 2.48 bits per heavy atom. The number of aliphatic hydroxyl groups is 1. The number of ether oxygens (including phenoxy) is 1. The van der Waals surface area contributed by atoms with Gasteiger partial charge in [-0.2, -0.15) is 0 Å². The van der Waals surface area contributed by atoms with Crippen LogP contribution in [0.2, 0.25) is 0 Å². The van der Waals surface area contributed by atoms with E-state index >= 15 is 0 Å². The summed E-state index contributed by atoms with van der Waals surface area (Å²) in [6.45, 7) is 6.66. The summed E-state index contributed by atoms with van der Waals surface area (Å²) in [5.74, 6) is -0.154. The lowest BCUT2D eigenvalue weighted by Gasteiger charge is -2.25. The highest BCUT2D eigenvalue weighted by Crippen LogP contribution is 2.41. The quantitative estimate of drug-likeness (QED) is 0.298. The number of ketones is 1. The summed E-state index contributed by atoms with van der Waals surface area (Å²) in [4.78, 5) is 27.7. The molecule has 33 heavy (non-hydrogen) atoms. The van der Waals surface area contributed by atoms with Gasteiger partial charge in [-0.15, -0.1) is 0 Å². The minimum Gasteiger partial charge on any atom is -0.507 e. The number of carbonyl (C=O) groups is 2. The molecule has 6 heteroatoms. The molecule has 0 spiro atoms. The lowest BCUT2D eigenvalue weighted by molar-refractivity contribution is -0.140. The van der Waals surface area contributed by atoms with E-state index < -0.39 is 17.7 Å². The molecule has 3 aromatic rings. The van der Waals surface area contributed by atoms with E-state index in [1.807, 2.05) is 31.2 Å². The average Bonchev–Trinajstić information content (AvgIpc) is 3.41. The van der Waals surface area contributed by atoms with Gasteiger partial charge < -0.3 is 19.2 Å². The van der Waals surface area contributed by atoms with E-state index in [0.29, 0.717) is 29.6 Å². The Bertz CT molecular complexity index is 1180. The van der Waals surface area contributed by atoms with E-state index in [2.05, 4.69) is 13.8 Å². The highest BCUT2D eigenvalue weighted by Gasteiger charge is 2.46. The summed E-state index contributed by atoms with van der Waals surface area (Å²) in [5, 5.41) is 11.2. The fourth-order valence-corrected chi connectivity index (χ4v) is 4.08. The van der Waals surface area contributed by atoms with Crippen LogP contribution in [0.25, 0.3) is 5.76 Å². The second-order valence-electron chi connectivity index (χ2n) is 8.29. The van der Waals surface area contributed by atoms with Crippen molar-refractivity contribution in [2.24, 2.45) is 0 Å². The number of furan rings is 1. The van der Waals surface area contributed by atoms with Crippen LogP contribution in [-0.4, -0.2) is 28.3 Å². The van der Waals surface area contributed by atoms with E-state index in [1.54, 1.807) is 36.4 Å². The highest BCUT2D eigenvalue weighted by molar-refractivity contribution is 6.46. The maximum atomic E-state index is 13.2. The third-order valence-corrected chi connectivity index (χ3v) is 5.78. The standard InChI is InChI=1S/C27H27NO5/c1-4-32-21-8-5-7-20(15-21)25(29)23-24(19-12-10-18(11-13-19)17(2)3)28(27(31)26(23)30)16-22-9-6-14-33-22/h5-15,17,24,29H,4,16H2,1-3H3/b25-23+. The van der Waals surface area contributed by atoms with E-state index in [0.717, 1.165) is 11.1 Å². The van der Waals surface area contributed by atoms with Crippen LogP contribution in [0, 0.1) is 0 Å². The van der Waals surface area contributed by atoms with Crippen molar-refractivity contribution in [3.8, 4) is 5.75 Å². The number of rotatable bonds is 7. The molecule has 1 amide bonds. The van der Waals surface area contributed by atoms with Crippen LogP contribution in [0.1, 0.15) is 55.2 Å². The van der Waals surface area contributed by atoms with Crippen LogP contribution in [0.15, 0.2) is 76.9 Å². The zero-order chi connectivity index (χ0) is 23.5. The number of carbonyl (C=O) groups excluding carboxylic acids is 2. The van der Waals surface area contributed by atoms with Crippen LogP contribution in [-0.2, 0) is 16.1 Å². The van der Waals surface area contributed by atoms with Gasteiger partial charge in [-0.05, 0) is 48.2 Å². The molecule has 1 saturated heterocycles. The van der Waals surface area contributed by atoms with Gasteiger partial charge in [-0.1, -0.05) is 50.2 Å². The maximum Gasteiger partial charge on any atom is 0.296 e. The smallest absolute Gasteiger partial charge is 0.296 e. The third kappa shape index (κ3) is 4.42. The van der Waals surface area contributed by atoms with Crippen LogP contribution >= 0.6 is 0 Å². The summed E-state index contributed by atoms with van der Waals surface area (Å²) in [7, 11) is 0. The van der Waals surface area contributed by atoms with Crippen molar-refractivity contribution < 1.29 is 23.8 Å². The average molecular weight is 446 g/mol. The number of hydrogen-bond acceptors (Lipinski definition) is 5. The minimum atomic E-state index is -0.743. The topological polar surface area (TPSA) is 80.0 Å². The zero-order valence-electron chi connectivity index (χ0n) is 18.9. The molecule has 1 fully saturated rings. The van der Waals surface area contributed by atoms with E-state index in [9.17, 15) is 14.7 Å². The maximum absolute atomic E-state index is 13.2. The van der Waals surface area contributed by atoms with Gasteiger partial charge in [-0.3, -0.25) is 9.59 Å². The van der Waals surface area contributed by atoms with Crippen molar-refractivity contribution in [2.45, 2.75) is 39.3 Å². The molecule has 1 aliphatic rings. The van der Waals surface area contributed by atoms with Gasteiger partial charge in [0.05, 0.1) is 31.0 Å². The summed E-state index contributed by atoms with van der Waals surface area (Å²) in [6.07, 6.45) is 1.53. The first-order valence-corrected chi connectivity index (χ1v) is 11.0. The Hall–Kier alpha value is -3.80. The van der Waals surface area contributed by atoms with Gasteiger partial charge in [0.1, 0.15) is 17.3 Å². The SMILES string of the molecule is CCOc1cccc(/C(O)=C2\C(=O)C(=O)N(Cc3ccco3)C2c2ccc(C(C)C)cc2)c1. The van der Waals surface area contributed by atoms with Crippen molar-refractivity contribution in [2.75, 3.05) is 6.61 Å². The molecule has 2 heterocycles. The molecule has 1 atom stereocenters. The molecule has 2 aromatic carbocycles. The number of nitrogens with zero attached hydrogens (tertiary/aromatic N) is 1. The van der Waals surface area contributed by atoms with Crippen molar-refractivity contribution in [1.82, 2.24) is 4.90 Å². The van der Waals surface area contributed by atoms with Crippen molar-refractivity contribution >= 4 is 17.4 Å². The molecular weight excluding hydrogens is 418 g/mol. The van der Waals surface area contributed by atoms with Crippen LogP contribution in [0.5, 0.6) is 5.75 Å². The molecule has 1 unspecified atom stereocenters. The van der Waals surface area contributed by atoms with Gasteiger partial charge in [0.25, 0.3) is 11.7 Å². The fourth-order valence-electron chi connectivity index (χ4n) is 4.08. The Morgan fingerprint density at radius 2 is 1.85 bits per heavy atom. The van der Waals surface area contributed by atoms with Gasteiger partial charge in [-0.25, -0.2) is 0 Å². The molecule has 1 aromatic heterocycles. The fraction of sp³-hybridized carbons (Fsp3) is 0.259. The molecule has 6 nitrogen and oxygen atoms in total. The zero-order valence-corrected chi connectivity index (χ0v) is 18.9. The predicted octanol–water partition coefficient (Wildman–Crippen LogP) is 5.42. The summed E-state index contributed by atoms with van der Waals surface area (Å²) in [5.41, 5.74) is 2.36. The van der Waals surface area contributed by atoms with Crippen molar-refractivity contribution in [3.05, 3.63) is 95.0 Å². The molecule has 1 aliphatic heterocycles. The molecule has 0 bridgehead atoms. The van der Waals surface area contributed by atoms with Gasteiger partial charge in [0, 0.05) is 5.56 Å². The number of amides is 1. The van der Waals surface area contributed by atoms with Crippen LogP contribution in [0.3, 0.4) is 0 Å². The molecule has 0 radical (unpaired) electrons. The first-order chi connectivity index (χ1) is 15.9. The number of aliphatic hydroxyl groups excluding tert-OH is 1. The first kappa shape index (κ1) is 22.4. The third-order valence-electron chi connectivity index (χ3n) is 5.78. The van der Waals surface area contributed by atoms with E-state index in [4.69, 9.17) is 9.15 Å². The molecule has 170 valence electrons. The highest BCUT2D eigenvalue weighted by atomic mass is 16.5. The van der Waals surface area contributed by atoms with Gasteiger partial charge in [0.2, 0.25) is 0 Å². The van der Waals surface area contributed by atoms with Gasteiger partial charge >= 0.3 is 0 Å². The summed E-state index contributed by atoms with van der Waals surface area (Å²) in [6, 6.07) is 17.4. The molecule has 0 aliphatic carbocycles. The Balaban J connectivity index is 1.84. The number of Topliss-reactive ketones (excluding diaryl/α,β-unsaturated/α-hetero) is 1. The number of hydrogen-bond donors (Lipinski definition) is 1. The second kappa shape index (κ2) is 9.36. The summed E-state index contributed by atoms with van der Waals surface area (Å²) >= 11 is 0. The molecule has 0 saturated carbocycles. The van der Waals surface area contributed by atoms with Crippen LogP contribution in [0.4, 0.5) is 0 Å². The predicted molar refractivity (Wildman–Crippen MR) is 125 cm³/mol. The normalized spacial score (nSPS) is 17.7. The lowest BCUT2D eigenvalue weighted by Crippen LogP contribution is -2.29. The molecule has 4 rings (SSSR count). The van der Waals surface area contributed by atoms with E-state index in [1.165, 1.54) is 11.2 Å². The second-order valence-corrected chi connectivity index (χ2v) is 8.29. The largest absolute Gasteiger partial charge is 0.507 e. The minimum absolute atomic E-state index is 0.0532.